The largest absolute Gasteiger partial charge is 0.478 e. The van der Waals surface area contributed by atoms with E-state index in [-0.39, 0.29) is 5.56 Å². The molecule has 0 aliphatic heterocycles. The fraction of sp³-hybridized carbons (Fsp3) is 0.0769. The molecule has 0 fully saturated rings. The van der Waals surface area contributed by atoms with Crippen molar-refractivity contribution in [1.29, 1.82) is 0 Å². The van der Waals surface area contributed by atoms with Crippen LogP contribution < -0.4 is 10.6 Å². The van der Waals surface area contributed by atoms with Gasteiger partial charge in [-0.3, -0.25) is 5.32 Å². The summed E-state index contributed by atoms with van der Waals surface area (Å²) in [6.45, 7) is 1.78. The molecule has 1 heterocycles. The standard InChI is InChI=1S/C13H11ClN2O3S/c1-7-6-10(12(17)18)11(20-7)16-13(19)15-9-4-2-8(14)3-5-9/h2-6H,1H3,(H,17,18)(H2,15,16,19). The van der Waals surface area contributed by atoms with E-state index >= 15 is 0 Å². The molecule has 0 unspecified atom stereocenters. The van der Waals surface area contributed by atoms with Crippen molar-refractivity contribution in [2.24, 2.45) is 0 Å². The lowest BCUT2D eigenvalue weighted by atomic mass is 10.3. The normalized spacial score (nSPS) is 10.1. The van der Waals surface area contributed by atoms with Crippen LogP contribution >= 0.6 is 22.9 Å². The number of aryl methyl sites for hydroxylation is 1. The van der Waals surface area contributed by atoms with Crippen molar-refractivity contribution in [2.75, 3.05) is 10.6 Å². The Labute approximate surface area is 124 Å². The summed E-state index contributed by atoms with van der Waals surface area (Å²) >= 11 is 6.95. The van der Waals surface area contributed by atoms with Gasteiger partial charge in [0.2, 0.25) is 0 Å². The van der Waals surface area contributed by atoms with E-state index < -0.39 is 12.0 Å². The molecule has 0 saturated carbocycles. The van der Waals surface area contributed by atoms with E-state index in [4.69, 9.17) is 16.7 Å². The average molecular weight is 311 g/mol. The van der Waals surface area contributed by atoms with Gasteiger partial charge in [-0.1, -0.05) is 11.6 Å². The maximum Gasteiger partial charge on any atom is 0.338 e. The molecule has 0 spiro atoms. The summed E-state index contributed by atoms with van der Waals surface area (Å²) in [6, 6.07) is 7.62. The molecule has 1 aromatic heterocycles. The molecule has 0 bridgehead atoms. The second-order valence-electron chi connectivity index (χ2n) is 3.99. The zero-order valence-corrected chi connectivity index (χ0v) is 12.0. The number of rotatable bonds is 3. The van der Waals surface area contributed by atoms with Crippen LogP contribution in [0.3, 0.4) is 0 Å². The van der Waals surface area contributed by atoms with Crippen LogP contribution in [0.5, 0.6) is 0 Å². The van der Waals surface area contributed by atoms with Crippen molar-refractivity contribution >= 4 is 45.6 Å². The molecule has 0 saturated heterocycles. The van der Waals surface area contributed by atoms with Crippen LogP contribution in [0.1, 0.15) is 15.2 Å². The molecule has 3 N–H and O–H groups in total. The molecule has 2 amide bonds. The van der Waals surface area contributed by atoms with E-state index in [2.05, 4.69) is 10.6 Å². The van der Waals surface area contributed by atoms with Crippen molar-refractivity contribution < 1.29 is 14.7 Å². The monoisotopic (exact) mass is 310 g/mol. The summed E-state index contributed by atoms with van der Waals surface area (Å²) in [4.78, 5) is 23.7. The molecule has 0 radical (unpaired) electrons. The maximum absolute atomic E-state index is 11.8. The Bertz CT molecular complexity index is 652. The van der Waals surface area contributed by atoms with E-state index in [1.165, 1.54) is 17.4 Å². The van der Waals surface area contributed by atoms with E-state index in [9.17, 15) is 9.59 Å². The first kappa shape index (κ1) is 14.4. The molecule has 104 valence electrons. The Hall–Kier alpha value is -2.05. The third-order valence-corrected chi connectivity index (χ3v) is 3.63. The average Bonchev–Trinajstić information content (AvgIpc) is 2.73. The van der Waals surface area contributed by atoms with Crippen LogP contribution in [0.25, 0.3) is 0 Å². The fourth-order valence-corrected chi connectivity index (χ4v) is 2.59. The number of nitrogens with one attached hydrogen (secondary N) is 2. The number of hydrogen-bond acceptors (Lipinski definition) is 3. The van der Waals surface area contributed by atoms with E-state index in [1.54, 1.807) is 31.2 Å². The number of benzene rings is 1. The van der Waals surface area contributed by atoms with Gasteiger partial charge in [0.05, 0.1) is 5.56 Å². The maximum atomic E-state index is 11.8. The number of urea groups is 1. The van der Waals surface area contributed by atoms with Crippen LogP contribution in [0.4, 0.5) is 15.5 Å². The first-order valence-corrected chi connectivity index (χ1v) is 6.82. The molecular weight excluding hydrogens is 300 g/mol. The Morgan fingerprint density at radius 3 is 2.45 bits per heavy atom. The molecular formula is C13H11ClN2O3S. The Morgan fingerprint density at radius 1 is 1.20 bits per heavy atom. The van der Waals surface area contributed by atoms with Gasteiger partial charge in [0, 0.05) is 15.6 Å². The van der Waals surface area contributed by atoms with Gasteiger partial charge in [0.1, 0.15) is 5.00 Å². The molecule has 2 rings (SSSR count). The van der Waals surface area contributed by atoms with Gasteiger partial charge in [0.15, 0.2) is 0 Å². The second kappa shape index (κ2) is 5.94. The Balaban J connectivity index is 2.08. The molecule has 7 heteroatoms. The van der Waals surface area contributed by atoms with E-state index in [0.717, 1.165) is 4.88 Å². The van der Waals surface area contributed by atoms with Crippen LogP contribution in [0.15, 0.2) is 30.3 Å². The number of aromatic carboxylic acids is 1. The lowest BCUT2D eigenvalue weighted by molar-refractivity contribution is 0.0698. The molecule has 1 aromatic carbocycles. The van der Waals surface area contributed by atoms with Gasteiger partial charge in [0.25, 0.3) is 0 Å². The van der Waals surface area contributed by atoms with Gasteiger partial charge in [-0.25, -0.2) is 9.59 Å². The summed E-state index contributed by atoms with van der Waals surface area (Å²) in [7, 11) is 0. The summed E-state index contributed by atoms with van der Waals surface area (Å²) in [5.41, 5.74) is 0.649. The van der Waals surface area contributed by atoms with Crippen molar-refractivity contribution in [1.82, 2.24) is 0 Å². The van der Waals surface area contributed by atoms with E-state index in [0.29, 0.717) is 15.7 Å². The number of amides is 2. The summed E-state index contributed by atoms with van der Waals surface area (Å²) in [5, 5.41) is 15.0. The number of carboxylic acid groups (broad SMARTS) is 1. The highest BCUT2D eigenvalue weighted by Crippen LogP contribution is 2.27. The third-order valence-electron chi connectivity index (χ3n) is 2.41. The first-order valence-electron chi connectivity index (χ1n) is 5.63. The minimum absolute atomic E-state index is 0.0822. The Kier molecular flexibility index (Phi) is 4.26. The third kappa shape index (κ3) is 3.49. The first-order chi connectivity index (χ1) is 9.45. The highest BCUT2D eigenvalue weighted by molar-refractivity contribution is 7.16. The lowest BCUT2D eigenvalue weighted by Crippen LogP contribution is -2.19. The van der Waals surface area contributed by atoms with Gasteiger partial charge < -0.3 is 10.4 Å². The SMILES string of the molecule is Cc1cc(C(=O)O)c(NC(=O)Nc2ccc(Cl)cc2)s1. The summed E-state index contributed by atoms with van der Waals surface area (Å²) in [5.74, 6) is -1.07. The number of carbonyl (C=O) groups is 2. The zero-order valence-electron chi connectivity index (χ0n) is 10.4. The highest BCUT2D eigenvalue weighted by Gasteiger charge is 2.15. The van der Waals surface area contributed by atoms with Gasteiger partial charge in [-0.05, 0) is 37.3 Å². The molecule has 0 aliphatic rings. The van der Waals surface area contributed by atoms with Crippen LogP contribution in [0, 0.1) is 6.92 Å². The number of hydrogen-bond donors (Lipinski definition) is 3. The van der Waals surface area contributed by atoms with Gasteiger partial charge in [-0.15, -0.1) is 11.3 Å². The summed E-state index contributed by atoms with van der Waals surface area (Å²) in [6.07, 6.45) is 0. The minimum Gasteiger partial charge on any atom is -0.478 e. The lowest BCUT2D eigenvalue weighted by Gasteiger charge is -2.06. The Morgan fingerprint density at radius 2 is 1.85 bits per heavy atom. The molecule has 2 aromatic rings. The molecule has 0 atom stereocenters. The molecule has 5 nitrogen and oxygen atoms in total. The predicted octanol–water partition coefficient (Wildman–Crippen LogP) is 4.05. The number of carbonyl (C=O) groups excluding carboxylic acids is 1. The van der Waals surface area contributed by atoms with Gasteiger partial charge in [-0.2, -0.15) is 0 Å². The summed E-state index contributed by atoms with van der Waals surface area (Å²) < 4.78 is 0. The van der Waals surface area contributed by atoms with E-state index in [1.807, 2.05) is 0 Å². The number of carboxylic acids is 1. The second-order valence-corrected chi connectivity index (χ2v) is 5.68. The number of halogens is 1. The number of thiophene rings is 1. The van der Waals surface area contributed by atoms with Crippen molar-refractivity contribution in [3.05, 3.63) is 45.8 Å². The van der Waals surface area contributed by atoms with Crippen molar-refractivity contribution in [3.63, 3.8) is 0 Å². The predicted molar refractivity (Wildman–Crippen MR) is 80.1 cm³/mol. The smallest absolute Gasteiger partial charge is 0.338 e. The molecule has 20 heavy (non-hydrogen) atoms. The minimum atomic E-state index is -1.07. The van der Waals surface area contributed by atoms with Crippen molar-refractivity contribution in [3.8, 4) is 0 Å². The van der Waals surface area contributed by atoms with Crippen molar-refractivity contribution in [2.45, 2.75) is 6.92 Å². The molecule has 0 aliphatic carbocycles. The van der Waals surface area contributed by atoms with Crippen LogP contribution in [0.2, 0.25) is 5.02 Å². The zero-order chi connectivity index (χ0) is 14.7. The quantitative estimate of drug-likeness (QED) is 0.800. The topological polar surface area (TPSA) is 78.4 Å². The van der Waals surface area contributed by atoms with Gasteiger partial charge >= 0.3 is 12.0 Å². The van der Waals surface area contributed by atoms with Crippen LogP contribution in [-0.2, 0) is 0 Å². The highest BCUT2D eigenvalue weighted by atomic mass is 35.5. The van der Waals surface area contributed by atoms with Crippen LogP contribution in [-0.4, -0.2) is 17.1 Å². The number of anilines is 2. The fourth-order valence-electron chi connectivity index (χ4n) is 1.56.